The largest absolute Gasteiger partial charge is 0.389 e. The van der Waals surface area contributed by atoms with Crippen LogP contribution in [0.2, 0.25) is 0 Å². The molecule has 0 saturated heterocycles. The molecule has 0 amide bonds. The van der Waals surface area contributed by atoms with Crippen molar-refractivity contribution in [2.24, 2.45) is 0 Å². The minimum Gasteiger partial charge on any atom is -0.389 e. The number of aromatic nitrogens is 2. The molecule has 19 heavy (non-hydrogen) atoms. The Morgan fingerprint density at radius 3 is 2.74 bits per heavy atom. The molecule has 0 saturated carbocycles. The average Bonchev–Trinajstić information content (AvgIpc) is 2.78. The topological polar surface area (TPSA) is 37.5 Å². The third-order valence-electron chi connectivity index (χ3n) is 3.32. The number of fused-ring (bicyclic) bond motifs is 1. The number of pyridine rings is 2. The van der Waals surface area contributed by atoms with Crippen molar-refractivity contribution in [3.05, 3.63) is 59.9 Å². The second-order valence-corrected chi connectivity index (χ2v) is 4.84. The van der Waals surface area contributed by atoms with E-state index in [2.05, 4.69) is 28.4 Å². The van der Waals surface area contributed by atoms with Crippen LogP contribution in [-0.2, 0) is 0 Å². The molecule has 0 radical (unpaired) electrons. The molecule has 0 bridgehead atoms. The first kappa shape index (κ1) is 11.9. The minimum atomic E-state index is -0.516. The Morgan fingerprint density at radius 1 is 1.21 bits per heavy atom. The summed E-state index contributed by atoms with van der Waals surface area (Å²) >= 11 is 0. The van der Waals surface area contributed by atoms with E-state index in [4.69, 9.17) is 0 Å². The zero-order valence-corrected chi connectivity index (χ0v) is 11.0. The van der Waals surface area contributed by atoms with Crippen molar-refractivity contribution < 1.29 is 5.11 Å². The fourth-order valence-corrected chi connectivity index (χ4v) is 2.40. The fraction of sp³-hybridized carbons (Fsp3) is 0.188. The van der Waals surface area contributed by atoms with Gasteiger partial charge < -0.3 is 9.51 Å². The lowest BCUT2D eigenvalue weighted by Gasteiger charge is -2.08. The van der Waals surface area contributed by atoms with E-state index in [9.17, 15) is 5.11 Å². The maximum atomic E-state index is 10.00. The van der Waals surface area contributed by atoms with Crippen LogP contribution >= 0.6 is 0 Å². The molecule has 3 aromatic rings. The maximum absolute atomic E-state index is 10.00. The Balaban J connectivity index is 2.35. The molecule has 0 spiro atoms. The van der Waals surface area contributed by atoms with Crippen molar-refractivity contribution in [2.75, 3.05) is 0 Å². The van der Waals surface area contributed by atoms with E-state index in [-0.39, 0.29) is 0 Å². The molecule has 0 aliphatic heterocycles. The summed E-state index contributed by atoms with van der Waals surface area (Å²) in [6.07, 6.45) is 3.28. The van der Waals surface area contributed by atoms with Gasteiger partial charge >= 0.3 is 0 Å². The second kappa shape index (κ2) is 4.52. The lowest BCUT2D eigenvalue weighted by atomic mass is 10.1. The van der Waals surface area contributed by atoms with E-state index in [0.717, 1.165) is 22.5 Å². The monoisotopic (exact) mass is 252 g/mol. The van der Waals surface area contributed by atoms with E-state index in [1.165, 1.54) is 5.56 Å². The summed E-state index contributed by atoms with van der Waals surface area (Å²) in [6, 6.07) is 12.0. The number of aliphatic hydroxyl groups is 1. The van der Waals surface area contributed by atoms with Crippen LogP contribution in [0, 0.1) is 6.92 Å². The lowest BCUT2D eigenvalue weighted by Crippen LogP contribution is -1.96. The first-order valence-corrected chi connectivity index (χ1v) is 6.38. The van der Waals surface area contributed by atoms with Crippen LogP contribution in [0.3, 0.4) is 0 Å². The highest BCUT2D eigenvalue weighted by molar-refractivity contribution is 5.70. The predicted molar refractivity (Wildman–Crippen MR) is 76.0 cm³/mol. The third-order valence-corrected chi connectivity index (χ3v) is 3.32. The molecule has 1 N–H and O–H groups in total. The highest BCUT2D eigenvalue weighted by atomic mass is 16.3. The number of aryl methyl sites for hydroxylation is 1. The molecule has 1 unspecified atom stereocenters. The lowest BCUT2D eigenvalue weighted by molar-refractivity contribution is 0.200. The fourth-order valence-electron chi connectivity index (χ4n) is 2.40. The Bertz CT molecular complexity index is 714. The summed E-state index contributed by atoms with van der Waals surface area (Å²) in [5.74, 6) is 0. The van der Waals surface area contributed by atoms with Gasteiger partial charge in [-0.3, -0.25) is 4.98 Å². The van der Waals surface area contributed by atoms with Crippen molar-refractivity contribution in [1.29, 1.82) is 0 Å². The highest BCUT2D eigenvalue weighted by Gasteiger charge is 2.16. The zero-order chi connectivity index (χ0) is 13.4. The molecule has 3 heteroatoms. The van der Waals surface area contributed by atoms with Gasteiger partial charge in [0, 0.05) is 23.5 Å². The van der Waals surface area contributed by atoms with E-state index >= 15 is 0 Å². The molecule has 3 rings (SSSR count). The van der Waals surface area contributed by atoms with Gasteiger partial charge in [0.25, 0.3) is 0 Å². The van der Waals surface area contributed by atoms with Crippen molar-refractivity contribution >= 4 is 5.52 Å². The van der Waals surface area contributed by atoms with Crippen molar-refractivity contribution in [2.45, 2.75) is 20.0 Å². The van der Waals surface area contributed by atoms with Crippen LogP contribution in [0.15, 0.2) is 48.8 Å². The van der Waals surface area contributed by atoms with Crippen molar-refractivity contribution in [3.63, 3.8) is 0 Å². The molecule has 0 fully saturated rings. The van der Waals surface area contributed by atoms with E-state index in [1.54, 1.807) is 13.1 Å². The van der Waals surface area contributed by atoms with Gasteiger partial charge in [-0.15, -0.1) is 0 Å². The van der Waals surface area contributed by atoms with Gasteiger partial charge in [0.15, 0.2) is 0 Å². The molecule has 0 aliphatic carbocycles. The van der Waals surface area contributed by atoms with Gasteiger partial charge in [-0.1, -0.05) is 6.07 Å². The predicted octanol–water partition coefficient (Wildman–Crippen LogP) is 3.36. The number of aliphatic hydroxyl groups excluding tert-OH is 1. The molecule has 0 aromatic carbocycles. The third kappa shape index (κ3) is 2.02. The highest BCUT2D eigenvalue weighted by Crippen LogP contribution is 2.30. The van der Waals surface area contributed by atoms with Gasteiger partial charge in [0.05, 0.1) is 17.5 Å². The SMILES string of the molecule is Cc1ccn2c(-c3ccccn3)c(C(C)O)cc2c1. The number of hydrogen-bond acceptors (Lipinski definition) is 2. The summed E-state index contributed by atoms with van der Waals surface area (Å²) in [5, 5.41) is 10.00. The first-order chi connectivity index (χ1) is 9.16. The molecule has 3 aromatic heterocycles. The van der Waals surface area contributed by atoms with Crippen LogP contribution < -0.4 is 0 Å². The molecular weight excluding hydrogens is 236 g/mol. The number of hydrogen-bond donors (Lipinski definition) is 1. The first-order valence-electron chi connectivity index (χ1n) is 6.38. The minimum absolute atomic E-state index is 0.516. The van der Waals surface area contributed by atoms with Gasteiger partial charge in [0.2, 0.25) is 0 Å². The summed E-state index contributed by atoms with van der Waals surface area (Å²) in [7, 11) is 0. The summed E-state index contributed by atoms with van der Waals surface area (Å²) in [6.45, 7) is 3.85. The van der Waals surface area contributed by atoms with Gasteiger partial charge in [-0.05, 0) is 49.7 Å². The van der Waals surface area contributed by atoms with Crippen molar-refractivity contribution in [1.82, 2.24) is 9.38 Å². The molecule has 1 atom stereocenters. The van der Waals surface area contributed by atoms with Crippen LogP contribution in [0.1, 0.15) is 24.2 Å². The van der Waals surface area contributed by atoms with Gasteiger partial charge in [0.1, 0.15) is 0 Å². The molecule has 3 heterocycles. The van der Waals surface area contributed by atoms with Crippen LogP contribution in [0.4, 0.5) is 0 Å². The van der Waals surface area contributed by atoms with E-state index in [0.29, 0.717) is 0 Å². The number of nitrogens with zero attached hydrogens (tertiary/aromatic N) is 2. The van der Waals surface area contributed by atoms with Gasteiger partial charge in [-0.2, -0.15) is 0 Å². The number of rotatable bonds is 2. The smallest absolute Gasteiger partial charge is 0.0873 e. The van der Waals surface area contributed by atoms with E-state index < -0.39 is 6.10 Å². The summed E-state index contributed by atoms with van der Waals surface area (Å²) in [4.78, 5) is 4.40. The average molecular weight is 252 g/mol. The maximum Gasteiger partial charge on any atom is 0.0873 e. The molecule has 0 aliphatic rings. The quantitative estimate of drug-likeness (QED) is 0.759. The summed E-state index contributed by atoms with van der Waals surface area (Å²) < 4.78 is 2.08. The second-order valence-electron chi connectivity index (χ2n) is 4.84. The Morgan fingerprint density at radius 2 is 2.05 bits per heavy atom. The zero-order valence-electron chi connectivity index (χ0n) is 11.0. The standard InChI is InChI=1S/C16H16N2O/c1-11-6-8-18-13(9-11)10-14(12(2)19)16(18)15-5-3-4-7-17-15/h3-10,12,19H,1-2H3. The molecule has 96 valence electrons. The normalized spacial score (nSPS) is 12.8. The van der Waals surface area contributed by atoms with Crippen LogP contribution in [-0.4, -0.2) is 14.5 Å². The Labute approximate surface area is 112 Å². The Kier molecular flexibility index (Phi) is 2.84. The van der Waals surface area contributed by atoms with E-state index in [1.807, 2.05) is 30.5 Å². The Hall–Kier alpha value is -2.13. The molecular formula is C16H16N2O. The van der Waals surface area contributed by atoms with Crippen molar-refractivity contribution in [3.8, 4) is 11.4 Å². The summed E-state index contributed by atoms with van der Waals surface area (Å²) in [5.41, 5.74) is 5.03. The molecule has 3 nitrogen and oxygen atoms in total. The van der Waals surface area contributed by atoms with Gasteiger partial charge in [-0.25, -0.2) is 0 Å². The van der Waals surface area contributed by atoms with Crippen LogP contribution in [0.25, 0.3) is 16.9 Å². The van der Waals surface area contributed by atoms with Crippen LogP contribution in [0.5, 0.6) is 0 Å².